The van der Waals surface area contributed by atoms with Gasteiger partial charge < -0.3 is 14.4 Å². The van der Waals surface area contributed by atoms with E-state index in [0.717, 1.165) is 6.42 Å². The van der Waals surface area contributed by atoms with Crippen LogP contribution in [-0.4, -0.2) is 59.9 Å². The number of nitrogens with zero attached hydrogens (tertiary/aromatic N) is 2. The lowest BCUT2D eigenvalue weighted by Crippen LogP contribution is -2.59. The third-order valence-corrected chi connectivity index (χ3v) is 4.10. The Kier molecular flexibility index (Phi) is 3.95. The molecule has 6 heteroatoms. The molecule has 0 aromatic rings. The van der Waals surface area contributed by atoms with Gasteiger partial charge in [-0.15, -0.1) is 0 Å². The quantitative estimate of drug-likeness (QED) is 0.741. The van der Waals surface area contributed by atoms with Gasteiger partial charge in [0.05, 0.1) is 0 Å². The van der Waals surface area contributed by atoms with E-state index in [0.29, 0.717) is 13.1 Å². The molecule has 0 aliphatic carbocycles. The minimum absolute atomic E-state index is 0.0410. The smallest absolute Gasteiger partial charge is 0.411 e. The Labute approximate surface area is 126 Å². The Balaban J connectivity index is 2.29. The molecule has 0 N–H and O–H groups in total. The van der Waals surface area contributed by atoms with Gasteiger partial charge in [0.1, 0.15) is 17.9 Å². The largest absolute Gasteiger partial charge is 0.444 e. The van der Waals surface area contributed by atoms with Crippen molar-refractivity contribution < 1.29 is 19.1 Å². The molecule has 0 aromatic heterocycles. The molecule has 2 fully saturated rings. The van der Waals surface area contributed by atoms with Crippen molar-refractivity contribution in [3.63, 3.8) is 0 Å². The van der Waals surface area contributed by atoms with E-state index in [-0.39, 0.29) is 18.2 Å². The zero-order valence-electron chi connectivity index (χ0n) is 13.8. The monoisotopic (exact) mass is 298 g/mol. The number of ether oxygens (including phenoxy) is 2. The highest BCUT2D eigenvalue weighted by atomic mass is 16.6. The molecule has 6 nitrogen and oxygen atoms in total. The fourth-order valence-electron chi connectivity index (χ4n) is 3.38. The van der Waals surface area contributed by atoms with Gasteiger partial charge in [0.2, 0.25) is 0 Å². The Hall–Kier alpha value is -1.30. The van der Waals surface area contributed by atoms with E-state index < -0.39 is 17.1 Å². The van der Waals surface area contributed by atoms with Crippen LogP contribution in [0.3, 0.4) is 0 Å². The number of rotatable bonds is 1. The zero-order valence-corrected chi connectivity index (χ0v) is 13.8. The highest BCUT2D eigenvalue weighted by Crippen LogP contribution is 2.42. The molecule has 2 saturated heterocycles. The summed E-state index contributed by atoms with van der Waals surface area (Å²) in [4.78, 5) is 28.4. The van der Waals surface area contributed by atoms with E-state index in [9.17, 15) is 9.59 Å². The van der Waals surface area contributed by atoms with Crippen molar-refractivity contribution in [3.8, 4) is 0 Å². The predicted molar refractivity (Wildman–Crippen MR) is 77.6 cm³/mol. The number of hydrogen-bond donors (Lipinski definition) is 0. The molecule has 0 bridgehead atoms. The number of fused-ring (bicyclic) bond motifs is 1. The van der Waals surface area contributed by atoms with E-state index in [2.05, 4.69) is 0 Å². The van der Waals surface area contributed by atoms with Crippen LogP contribution in [-0.2, 0) is 14.3 Å². The van der Waals surface area contributed by atoms with Gasteiger partial charge in [-0.3, -0.25) is 9.69 Å². The fourth-order valence-corrected chi connectivity index (χ4v) is 3.38. The summed E-state index contributed by atoms with van der Waals surface area (Å²) < 4.78 is 10.9. The van der Waals surface area contributed by atoms with Crippen LogP contribution in [0.25, 0.3) is 0 Å². The first-order valence-corrected chi connectivity index (χ1v) is 7.42. The second-order valence-electron chi connectivity index (χ2n) is 7.37. The molecule has 0 radical (unpaired) electrons. The van der Waals surface area contributed by atoms with Crippen molar-refractivity contribution in [1.82, 2.24) is 9.80 Å². The second kappa shape index (κ2) is 5.16. The van der Waals surface area contributed by atoms with Gasteiger partial charge in [-0.05, 0) is 27.2 Å². The van der Waals surface area contributed by atoms with E-state index in [4.69, 9.17) is 9.47 Å². The van der Waals surface area contributed by atoms with E-state index in [1.54, 1.807) is 16.9 Å². The van der Waals surface area contributed by atoms with Gasteiger partial charge in [-0.2, -0.15) is 0 Å². The number of carbonyl (C=O) groups excluding carboxylic acids is 2. The highest BCUT2D eigenvalue weighted by molar-refractivity contribution is 5.86. The van der Waals surface area contributed by atoms with Crippen LogP contribution in [0.5, 0.6) is 0 Å². The van der Waals surface area contributed by atoms with Crippen molar-refractivity contribution in [2.24, 2.45) is 5.41 Å². The van der Waals surface area contributed by atoms with E-state index in [1.807, 2.05) is 34.6 Å². The number of amides is 2. The molecule has 0 aromatic carbocycles. The summed E-state index contributed by atoms with van der Waals surface area (Å²) >= 11 is 0. The molecule has 21 heavy (non-hydrogen) atoms. The number of methoxy groups -OCH3 is 1. The molecule has 120 valence electrons. The van der Waals surface area contributed by atoms with E-state index in [1.165, 1.54) is 0 Å². The molecule has 0 unspecified atom stereocenters. The van der Waals surface area contributed by atoms with Crippen LogP contribution in [0.4, 0.5) is 4.79 Å². The van der Waals surface area contributed by atoms with Crippen LogP contribution in [0.2, 0.25) is 0 Å². The lowest BCUT2D eigenvalue weighted by molar-refractivity contribution is -0.139. The standard InChI is InChI=1S/C15H26N2O4/c1-14(2,3)21-13(19)17-9-7-8-16-11(18)10(20-6)15(4,5)12(16)17/h10,12H,7-9H2,1-6H3/t10-,12-/m1/s1. The van der Waals surface area contributed by atoms with Gasteiger partial charge in [0.15, 0.2) is 0 Å². The third kappa shape index (κ3) is 2.73. The molecule has 2 heterocycles. The number of carbonyl (C=O) groups is 2. The van der Waals surface area contributed by atoms with Crippen molar-refractivity contribution in [3.05, 3.63) is 0 Å². The summed E-state index contributed by atoms with van der Waals surface area (Å²) in [6.45, 7) is 10.7. The topological polar surface area (TPSA) is 59.1 Å². The second-order valence-corrected chi connectivity index (χ2v) is 7.37. The maximum Gasteiger partial charge on any atom is 0.411 e. The summed E-state index contributed by atoms with van der Waals surface area (Å²) in [5.41, 5.74) is -1.02. The van der Waals surface area contributed by atoms with Crippen LogP contribution in [0.1, 0.15) is 41.0 Å². The average molecular weight is 298 g/mol. The minimum Gasteiger partial charge on any atom is -0.444 e. The molecule has 2 amide bonds. The minimum atomic E-state index is -0.549. The Morgan fingerprint density at radius 2 is 1.90 bits per heavy atom. The summed E-state index contributed by atoms with van der Waals surface area (Å²) in [6.07, 6.45) is -0.438. The zero-order chi connectivity index (χ0) is 16.0. The lowest BCUT2D eigenvalue weighted by Gasteiger charge is -2.44. The molecular weight excluding hydrogens is 272 g/mol. The Morgan fingerprint density at radius 3 is 2.43 bits per heavy atom. The first-order valence-electron chi connectivity index (χ1n) is 7.42. The fraction of sp³-hybridized carbons (Fsp3) is 0.867. The number of hydrogen-bond acceptors (Lipinski definition) is 4. The van der Waals surface area contributed by atoms with Gasteiger partial charge in [0, 0.05) is 25.6 Å². The van der Waals surface area contributed by atoms with Gasteiger partial charge in [-0.1, -0.05) is 13.8 Å². The van der Waals surface area contributed by atoms with Crippen LogP contribution < -0.4 is 0 Å². The third-order valence-electron chi connectivity index (χ3n) is 4.10. The molecule has 2 rings (SSSR count). The molecule has 2 atom stereocenters. The predicted octanol–water partition coefficient (Wildman–Crippen LogP) is 1.84. The average Bonchev–Trinajstić information content (AvgIpc) is 2.55. The van der Waals surface area contributed by atoms with Crippen molar-refractivity contribution >= 4 is 12.0 Å². The summed E-state index contributed by atoms with van der Waals surface area (Å²) in [6, 6.07) is 0. The van der Waals surface area contributed by atoms with Crippen molar-refractivity contribution in [2.75, 3.05) is 20.2 Å². The normalized spacial score (nSPS) is 28.6. The molecule has 2 aliphatic heterocycles. The molecule has 2 aliphatic rings. The van der Waals surface area contributed by atoms with Gasteiger partial charge in [0.25, 0.3) is 5.91 Å². The SMILES string of the molecule is CO[C@@H]1C(=O)N2CCCN(C(=O)OC(C)(C)C)[C@@H]2C1(C)C. The van der Waals surface area contributed by atoms with Crippen LogP contribution in [0, 0.1) is 5.41 Å². The first-order chi connectivity index (χ1) is 9.59. The van der Waals surface area contributed by atoms with Crippen LogP contribution >= 0.6 is 0 Å². The summed E-state index contributed by atoms with van der Waals surface area (Å²) in [5, 5.41) is 0. The van der Waals surface area contributed by atoms with Crippen LogP contribution in [0.15, 0.2) is 0 Å². The van der Waals surface area contributed by atoms with Crippen molar-refractivity contribution in [1.29, 1.82) is 0 Å². The Morgan fingerprint density at radius 1 is 1.29 bits per heavy atom. The highest BCUT2D eigenvalue weighted by Gasteiger charge is 2.58. The maximum atomic E-state index is 12.5. The van der Waals surface area contributed by atoms with Crippen molar-refractivity contribution in [2.45, 2.75) is 58.9 Å². The van der Waals surface area contributed by atoms with E-state index >= 15 is 0 Å². The Bertz CT molecular complexity index is 441. The summed E-state index contributed by atoms with van der Waals surface area (Å²) in [7, 11) is 1.54. The first kappa shape index (κ1) is 16.1. The van der Waals surface area contributed by atoms with Gasteiger partial charge >= 0.3 is 6.09 Å². The summed E-state index contributed by atoms with van der Waals surface area (Å²) in [5.74, 6) is -0.0410. The molecule has 0 saturated carbocycles. The maximum absolute atomic E-state index is 12.5. The molecule has 0 spiro atoms. The lowest BCUT2D eigenvalue weighted by atomic mass is 9.85. The molecular formula is C15H26N2O4. The van der Waals surface area contributed by atoms with Gasteiger partial charge in [-0.25, -0.2) is 4.79 Å².